The standard InChI is InChI=1S/C21H17ClN2O3S/c22-16-9-11-17(12-10-16)23-19(25)13-14-24-20(26)18(28-21(24)27)8-4-7-15-5-2-1-3-6-15/h1-12H,13-14H2,(H,23,25)/b7-4+,18-8-. The number of nitrogens with zero attached hydrogens (tertiary/aromatic N) is 1. The molecule has 0 aliphatic carbocycles. The van der Waals surface area contributed by atoms with E-state index in [-0.39, 0.29) is 30.0 Å². The minimum atomic E-state index is -0.382. The molecule has 1 heterocycles. The molecule has 0 radical (unpaired) electrons. The minimum Gasteiger partial charge on any atom is -0.326 e. The van der Waals surface area contributed by atoms with Gasteiger partial charge in [0.1, 0.15) is 0 Å². The second-order valence-corrected chi connectivity index (χ2v) is 7.36. The Morgan fingerprint density at radius 3 is 2.50 bits per heavy atom. The Morgan fingerprint density at radius 2 is 1.79 bits per heavy atom. The van der Waals surface area contributed by atoms with Crippen LogP contribution in [0.5, 0.6) is 0 Å². The first-order valence-electron chi connectivity index (χ1n) is 8.55. The number of rotatable bonds is 6. The van der Waals surface area contributed by atoms with Gasteiger partial charge in [-0.05, 0) is 47.7 Å². The van der Waals surface area contributed by atoms with Crippen molar-refractivity contribution in [2.45, 2.75) is 6.42 Å². The summed E-state index contributed by atoms with van der Waals surface area (Å²) in [7, 11) is 0. The molecule has 0 saturated carbocycles. The van der Waals surface area contributed by atoms with Gasteiger partial charge in [0.05, 0.1) is 4.91 Å². The molecule has 0 bridgehead atoms. The molecule has 0 atom stereocenters. The summed E-state index contributed by atoms with van der Waals surface area (Å²) in [6.45, 7) is 0.0316. The number of amides is 3. The topological polar surface area (TPSA) is 66.5 Å². The zero-order valence-electron chi connectivity index (χ0n) is 14.8. The van der Waals surface area contributed by atoms with Gasteiger partial charge in [-0.1, -0.05) is 54.1 Å². The highest BCUT2D eigenvalue weighted by molar-refractivity contribution is 8.18. The minimum absolute atomic E-state index is 0.0216. The molecule has 1 saturated heterocycles. The van der Waals surface area contributed by atoms with Gasteiger partial charge in [-0.3, -0.25) is 19.3 Å². The van der Waals surface area contributed by atoms with E-state index in [0.29, 0.717) is 15.6 Å². The van der Waals surface area contributed by atoms with E-state index in [1.165, 1.54) is 0 Å². The van der Waals surface area contributed by atoms with Crippen LogP contribution in [0.2, 0.25) is 5.02 Å². The fraction of sp³-hybridized carbons (Fsp3) is 0.0952. The largest absolute Gasteiger partial charge is 0.326 e. The molecule has 142 valence electrons. The van der Waals surface area contributed by atoms with Crippen LogP contribution >= 0.6 is 23.4 Å². The van der Waals surface area contributed by atoms with Crippen LogP contribution < -0.4 is 5.32 Å². The molecule has 1 aliphatic rings. The summed E-state index contributed by atoms with van der Waals surface area (Å²) in [5.74, 6) is -0.665. The van der Waals surface area contributed by atoms with Gasteiger partial charge in [0.15, 0.2) is 0 Å². The van der Waals surface area contributed by atoms with Gasteiger partial charge < -0.3 is 5.32 Å². The van der Waals surface area contributed by atoms with E-state index in [1.54, 1.807) is 36.4 Å². The number of carbonyl (C=O) groups excluding carboxylic acids is 3. The van der Waals surface area contributed by atoms with Crippen molar-refractivity contribution in [2.24, 2.45) is 0 Å². The van der Waals surface area contributed by atoms with E-state index < -0.39 is 0 Å². The third kappa shape index (κ3) is 5.34. The first-order chi connectivity index (χ1) is 13.5. The summed E-state index contributed by atoms with van der Waals surface area (Å²) in [5.41, 5.74) is 1.60. The van der Waals surface area contributed by atoms with Crippen LogP contribution in [0.15, 0.2) is 71.7 Å². The Morgan fingerprint density at radius 1 is 1.07 bits per heavy atom. The van der Waals surface area contributed by atoms with Crippen molar-refractivity contribution in [1.82, 2.24) is 4.90 Å². The third-order valence-electron chi connectivity index (χ3n) is 3.90. The van der Waals surface area contributed by atoms with E-state index >= 15 is 0 Å². The number of imide groups is 1. The van der Waals surface area contributed by atoms with E-state index in [0.717, 1.165) is 22.2 Å². The number of hydrogen-bond acceptors (Lipinski definition) is 4. The molecule has 3 amide bonds. The first kappa shape index (κ1) is 19.9. The van der Waals surface area contributed by atoms with Gasteiger partial charge in [-0.15, -0.1) is 0 Å². The molecule has 2 aromatic rings. The predicted molar refractivity (Wildman–Crippen MR) is 113 cm³/mol. The summed E-state index contributed by atoms with van der Waals surface area (Å²) in [4.78, 5) is 38.0. The van der Waals surface area contributed by atoms with Crippen molar-refractivity contribution in [3.05, 3.63) is 82.2 Å². The molecule has 3 rings (SSSR count). The molecule has 0 aromatic heterocycles. The number of carbonyl (C=O) groups is 3. The lowest BCUT2D eigenvalue weighted by atomic mass is 10.2. The monoisotopic (exact) mass is 412 g/mol. The number of anilines is 1. The second kappa shape index (κ2) is 9.39. The van der Waals surface area contributed by atoms with Crippen molar-refractivity contribution in [1.29, 1.82) is 0 Å². The molecule has 1 fully saturated rings. The Bertz CT molecular complexity index is 940. The molecule has 1 aliphatic heterocycles. The maximum Gasteiger partial charge on any atom is 0.293 e. The average Bonchev–Trinajstić information content (AvgIpc) is 2.96. The van der Waals surface area contributed by atoms with E-state index in [9.17, 15) is 14.4 Å². The highest BCUT2D eigenvalue weighted by Crippen LogP contribution is 2.30. The molecule has 28 heavy (non-hydrogen) atoms. The number of hydrogen-bond donors (Lipinski definition) is 1. The molecule has 7 heteroatoms. The van der Waals surface area contributed by atoms with Crippen molar-refractivity contribution < 1.29 is 14.4 Å². The van der Waals surface area contributed by atoms with Crippen LogP contribution in [0, 0.1) is 0 Å². The SMILES string of the molecule is O=C(CCN1C(=O)S/C(=C\C=C\c2ccccc2)C1=O)Nc1ccc(Cl)cc1. The second-order valence-electron chi connectivity index (χ2n) is 5.93. The zero-order chi connectivity index (χ0) is 19.9. The quantitative estimate of drug-likeness (QED) is 0.681. The Labute approximate surface area is 172 Å². The fourth-order valence-electron chi connectivity index (χ4n) is 2.49. The zero-order valence-corrected chi connectivity index (χ0v) is 16.4. The highest BCUT2D eigenvalue weighted by Gasteiger charge is 2.34. The highest BCUT2D eigenvalue weighted by atomic mass is 35.5. The number of thioether (sulfide) groups is 1. The molecular formula is C21H17ClN2O3S. The van der Waals surface area contributed by atoms with Crippen molar-refractivity contribution >= 4 is 52.2 Å². The maximum absolute atomic E-state index is 12.4. The summed E-state index contributed by atoms with van der Waals surface area (Å²) < 4.78 is 0. The van der Waals surface area contributed by atoms with E-state index in [2.05, 4.69) is 5.32 Å². The number of allylic oxidation sites excluding steroid dienone is 2. The smallest absolute Gasteiger partial charge is 0.293 e. The molecule has 0 spiro atoms. The van der Waals surface area contributed by atoms with Crippen LogP contribution in [0.25, 0.3) is 6.08 Å². The summed E-state index contributed by atoms with van der Waals surface area (Å²) >= 11 is 6.68. The normalized spacial score (nSPS) is 15.6. The van der Waals surface area contributed by atoms with E-state index in [4.69, 9.17) is 11.6 Å². The Hall–Kier alpha value is -2.83. The Kier molecular flexibility index (Phi) is 6.68. The van der Waals surface area contributed by atoms with Crippen LogP contribution in [0.1, 0.15) is 12.0 Å². The summed E-state index contributed by atoms with van der Waals surface area (Å²) in [6, 6.07) is 16.3. The fourth-order valence-corrected chi connectivity index (χ4v) is 3.43. The number of benzene rings is 2. The number of nitrogens with one attached hydrogen (secondary N) is 1. The molecule has 2 aromatic carbocycles. The lowest BCUT2D eigenvalue weighted by Crippen LogP contribution is -2.31. The van der Waals surface area contributed by atoms with Gasteiger partial charge in [0.25, 0.3) is 11.1 Å². The van der Waals surface area contributed by atoms with Crippen LogP contribution in [-0.4, -0.2) is 28.5 Å². The van der Waals surface area contributed by atoms with Crippen molar-refractivity contribution in [2.75, 3.05) is 11.9 Å². The van der Waals surface area contributed by atoms with Crippen LogP contribution in [0.4, 0.5) is 10.5 Å². The van der Waals surface area contributed by atoms with Gasteiger partial charge in [-0.25, -0.2) is 0 Å². The molecule has 5 nitrogen and oxygen atoms in total. The lowest BCUT2D eigenvalue weighted by molar-refractivity contribution is -0.123. The van der Waals surface area contributed by atoms with Gasteiger partial charge in [-0.2, -0.15) is 0 Å². The summed E-state index contributed by atoms with van der Waals surface area (Å²) in [5, 5.41) is 2.91. The molecular weight excluding hydrogens is 396 g/mol. The maximum atomic E-state index is 12.4. The van der Waals surface area contributed by atoms with Gasteiger partial charge >= 0.3 is 0 Å². The number of halogens is 1. The van der Waals surface area contributed by atoms with Crippen molar-refractivity contribution in [3.8, 4) is 0 Å². The van der Waals surface area contributed by atoms with Gasteiger partial charge in [0.2, 0.25) is 5.91 Å². The van der Waals surface area contributed by atoms with E-state index in [1.807, 2.05) is 36.4 Å². The molecule has 1 N–H and O–H groups in total. The Balaban J connectivity index is 1.54. The average molecular weight is 413 g/mol. The third-order valence-corrected chi connectivity index (χ3v) is 5.08. The first-order valence-corrected chi connectivity index (χ1v) is 9.75. The lowest BCUT2D eigenvalue weighted by Gasteiger charge is -2.12. The summed E-state index contributed by atoms with van der Waals surface area (Å²) in [6.07, 6.45) is 5.23. The predicted octanol–water partition coefficient (Wildman–Crippen LogP) is 4.96. The van der Waals surface area contributed by atoms with Crippen molar-refractivity contribution in [3.63, 3.8) is 0 Å². The van der Waals surface area contributed by atoms with Crippen LogP contribution in [0.3, 0.4) is 0 Å². The van der Waals surface area contributed by atoms with Crippen LogP contribution in [-0.2, 0) is 9.59 Å². The molecule has 0 unspecified atom stereocenters. The van der Waals surface area contributed by atoms with Gasteiger partial charge in [0, 0.05) is 23.7 Å².